The van der Waals surface area contributed by atoms with Crippen molar-refractivity contribution < 1.29 is 9.84 Å². The van der Waals surface area contributed by atoms with Gasteiger partial charge in [0, 0.05) is 10.9 Å². The van der Waals surface area contributed by atoms with Crippen molar-refractivity contribution in [2.24, 2.45) is 0 Å². The van der Waals surface area contributed by atoms with Gasteiger partial charge >= 0.3 is 0 Å². The lowest BCUT2D eigenvalue weighted by Crippen LogP contribution is -2.01. The molecule has 0 heterocycles. The van der Waals surface area contributed by atoms with Gasteiger partial charge in [0.2, 0.25) is 0 Å². The summed E-state index contributed by atoms with van der Waals surface area (Å²) in [5, 5.41) is 11.9. The van der Waals surface area contributed by atoms with Crippen molar-refractivity contribution in [3.8, 4) is 5.75 Å². The maximum Gasteiger partial charge on any atom is 0.133 e. The first-order chi connectivity index (χ1) is 8.24. The number of rotatable bonds is 4. The van der Waals surface area contributed by atoms with Crippen LogP contribution >= 0.6 is 0 Å². The van der Waals surface area contributed by atoms with Gasteiger partial charge in [-0.3, -0.25) is 0 Å². The van der Waals surface area contributed by atoms with Crippen LogP contribution in [0.5, 0.6) is 5.75 Å². The molecule has 0 aliphatic heterocycles. The van der Waals surface area contributed by atoms with E-state index < -0.39 is 6.10 Å². The van der Waals surface area contributed by atoms with Gasteiger partial charge in [0.25, 0.3) is 0 Å². The molecule has 2 rings (SSSR count). The predicted molar refractivity (Wildman–Crippen MR) is 70.3 cm³/mol. The van der Waals surface area contributed by atoms with E-state index in [1.54, 1.807) is 13.0 Å². The molecule has 0 saturated heterocycles. The molecule has 17 heavy (non-hydrogen) atoms. The van der Waals surface area contributed by atoms with Gasteiger partial charge in [-0.15, -0.1) is 0 Å². The van der Waals surface area contributed by atoms with Gasteiger partial charge in [0.15, 0.2) is 0 Å². The Balaban J connectivity index is 2.61. The topological polar surface area (TPSA) is 29.5 Å². The highest BCUT2D eigenvalue weighted by atomic mass is 16.5. The van der Waals surface area contributed by atoms with Crippen molar-refractivity contribution in [3.63, 3.8) is 0 Å². The van der Waals surface area contributed by atoms with Crippen LogP contribution in [0.3, 0.4) is 0 Å². The van der Waals surface area contributed by atoms with Crippen molar-refractivity contribution in [2.45, 2.75) is 13.0 Å². The molecule has 0 saturated carbocycles. The van der Waals surface area contributed by atoms with E-state index in [0.29, 0.717) is 6.61 Å². The smallest absolute Gasteiger partial charge is 0.133 e. The summed E-state index contributed by atoms with van der Waals surface area (Å²) in [5.41, 5.74) is 0.811. The van der Waals surface area contributed by atoms with E-state index in [9.17, 15) is 5.11 Å². The molecule has 2 nitrogen and oxygen atoms in total. The Morgan fingerprint density at radius 1 is 1.29 bits per heavy atom. The zero-order valence-electron chi connectivity index (χ0n) is 9.89. The molecule has 0 spiro atoms. The predicted octanol–water partition coefficient (Wildman–Crippen LogP) is 3.46. The summed E-state index contributed by atoms with van der Waals surface area (Å²) in [4.78, 5) is 0. The molecule has 1 atom stereocenters. The lowest BCUT2D eigenvalue weighted by molar-refractivity contribution is 0.193. The first-order valence-electron chi connectivity index (χ1n) is 5.67. The molecule has 2 aromatic carbocycles. The summed E-state index contributed by atoms with van der Waals surface area (Å²) in [6.07, 6.45) is 1.16. The van der Waals surface area contributed by atoms with E-state index >= 15 is 0 Å². The summed E-state index contributed by atoms with van der Waals surface area (Å²) in [6.45, 7) is 5.82. The van der Waals surface area contributed by atoms with E-state index in [4.69, 9.17) is 4.74 Å². The highest BCUT2D eigenvalue weighted by molar-refractivity contribution is 5.89. The van der Waals surface area contributed by atoms with Gasteiger partial charge in [-0.2, -0.15) is 0 Å². The molecule has 0 aliphatic carbocycles. The second kappa shape index (κ2) is 5.02. The first kappa shape index (κ1) is 11.7. The van der Waals surface area contributed by atoms with Crippen molar-refractivity contribution >= 4 is 10.8 Å². The quantitative estimate of drug-likeness (QED) is 0.812. The van der Waals surface area contributed by atoms with Crippen LogP contribution in [0, 0.1) is 0 Å². The van der Waals surface area contributed by atoms with E-state index in [1.165, 1.54) is 0 Å². The van der Waals surface area contributed by atoms with Gasteiger partial charge in [0.05, 0.1) is 6.10 Å². The minimum atomic E-state index is -0.542. The molecule has 0 fully saturated rings. The Morgan fingerprint density at radius 3 is 2.76 bits per heavy atom. The number of fused-ring (bicyclic) bond motifs is 1. The standard InChI is InChI=1S/C15H16O2/c1-3-10-17-15-13(11(2)16)9-8-12-6-4-5-7-14(12)15/h3-9,11,16H,1,10H2,2H3/t11-/m1/s1. The van der Waals surface area contributed by atoms with E-state index in [1.807, 2.05) is 36.4 Å². The number of hydrogen-bond acceptors (Lipinski definition) is 2. The highest BCUT2D eigenvalue weighted by Gasteiger charge is 2.12. The molecular weight excluding hydrogens is 212 g/mol. The highest BCUT2D eigenvalue weighted by Crippen LogP contribution is 2.33. The maximum absolute atomic E-state index is 9.76. The third-order valence-corrected chi connectivity index (χ3v) is 2.71. The number of benzene rings is 2. The maximum atomic E-state index is 9.76. The minimum Gasteiger partial charge on any atom is -0.489 e. The average molecular weight is 228 g/mol. The third kappa shape index (κ3) is 2.32. The Morgan fingerprint density at radius 2 is 2.06 bits per heavy atom. The molecule has 1 N–H and O–H groups in total. The lowest BCUT2D eigenvalue weighted by Gasteiger charge is -2.15. The number of aliphatic hydroxyl groups excluding tert-OH is 1. The molecule has 2 heteroatoms. The fraction of sp³-hybridized carbons (Fsp3) is 0.200. The molecule has 2 aromatic rings. The Bertz CT molecular complexity index is 529. The van der Waals surface area contributed by atoms with Crippen LogP contribution in [0.2, 0.25) is 0 Å². The van der Waals surface area contributed by atoms with Gasteiger partial charge in [0.1, 0.15) is 12.4 Å². The largest absolute Gasteiger partial charge is 0.489 e. The summed E-state index contributed by atoms with van der Waals surface area (Å²) in [7, 11) is 0. The molecule has 0 amide bonds. The van der Waals surface area contributed by atoms with Crippen LogP contribution < -0.4 is 4.74 Å². The van der Waals surface area contributed by atoms with E-state index in [0.717, 1.165) is 22.1 Å². The number of aliphatic hydroxyl groups is 1. The fourth-order valence-corrected chi connectivity index (χ4v) is 1.89. The molecule has 88 valence electrons. The van der Waals surface area contributed by atoms with Crippen molar-refractivity contribution in [1.82, 2.24) is 0 Å². The van der Waals surface area contributed by atoms with Crippen LogP contribution in [0.4, 0.5) is 0 Å². The second-order valence-electron chi connectivity index (χ2n) is 3.98. The summed E-state index contributed by atoms with van der Waals surface area (Å²) in [5.74, 6) is 0.748. The fourth-order valence-electron chi connectivity index (χ4n) is 1.89. The third-order valence-electron chi connectivity index (χ3n) is 2.71. The van der Waals surface area contributed by atoms with Crippen molar-refractivity contribution in [3.05, 3.63) is 54.6 Å². The lowest BCUT2D eigenvalue weighted by atomic mass is 10.0. The zero-order valence-corrected chi connectivity index (χ0v) is 9.89. The Labute approximate surface area is 101 Å². The van der Waals surface area contributed by atoms with Crippen LogP contribution in [0.1, 0.15) is 18.6 Å². The molecule has 0 radical (unpaired) electrons. The zero-order chi connectivity index (χ0) is 12.3. The SMILES string of the molecule is C=CCOc1c([C@@H](C)O)ccc2ccccc12. The minimum absolute atomic E-state index is 0.438. The van der Waals surface area contributed by atoms with Crippen molar-refractivity contribution in [2.75, 3.05) is 6.61 Å². The van der Waals surface area contributed by atoms with Gasteiger partial charge in [-0.1, -0.05) is 49.1 Å². The normalized spacial score (nSPS) is 12.4. The van der Waals surface area contributed by atoms with Crippen molar-refractivity contribution in [1.29, 1.82) is 0 Å². The molecule has 0 aliphatic rings. The number of ether oxygens (including phenoxy) is 1. The summed E-state index contributed by atoms with van der Waals surface area (Å²) in [6, 6.07) is 11.9. The molecule has 0 unspecified atom stereocenters. The molecule has 0 bridgehead atoms. The molecule has 0 aromatic heterocycles. The van der Waals surface area contributed by atoms with E-state index in [2.05, 4.69) is 6.58 Å². The Hall–Kier alpha value is -1.80. The number of hydrogen-bond donors (Lipinski definition) is 1. The van der Waals surface area contributed by atoms with Crippen LogP contribution in [-0.4, -0.2) is 11.7 Å². The monoisotopic (exact) mass is 228 g/mol. The van der Waals surface area contributed by atoms with Crippen LogP contribution in [0.25, 0.3) is 10.8 Å². The first-order valence-corrected chi connectivity index (χ1v) is 5.67. The van der Waals surface area contributed by atoms with Gasteiger partial charge < -0.3 is 9.84 Å². The Kier molecular flexibility index (Phi) is 3.45. The average Bonchev–Trinajstić information content (AvgIpc) is 2.35. The van der Waals surface area contributed by atoms with E-state index in [-0.39, 0.29) is 0 Å². The van der Waals surface area contributed by atoms with Gasteiger partial charge in [-0.25, -0.2) is 0 Å². The van der Waals surface area contributed by atoms with Crippen LogP contribution in [-0.2, 0) is 0 Å². The van der Waals surface area contributed by atoms with Gasteiger partial charge in [-0.05, 0) is 12.3 Å². The second-order valence-corrected chi connectivity index (χ2v) is 3.98. The summed E-state index contributed by atoms with van der Waals surface area (Å²) >= 11 is 0. The summed E-state index contributed by atoms with van der Waals surface area (Å²) < 4.78 is 5.68. The molecular formula is C15H16O2. The van der Waals surface area contributed by atoms with Crippen LogP contribution in [0.15, 0.2) is 49.1 Å².